The minimum atomic E-state index is -1.06. The molecule has 16 heavy (non-hydrogen) atoms. The molecule has 1 N–H and O–H groups in total. The maximum absolute atomic E-state index is 10.2. The van der Waals surface area contributed by atoms with Gasteiger partial charge in [0.05, 0.1) is 18.5 Å². The van der Waals surface area contributed by atoms with Gasteiger partial charge in [0, 0.05) is 7.26 Å². The van der Waals surface area contributed by atoms with Crippen LogP contribution in [0.1, 0.15) is 66.2 Å². The average molecular weight is 247 g/mol. The van der Waals surface area contributed by atoms with Crippen LogP contribution in [-0.4, -0.2) is 29.4 Å². The molecule has 0 amide bonds. The van der Waals surface area contributed by atoms with E-state index in [-0.39, 0.29) is 5.85 Å². The molecule has 0 rings (SSSR count). The Hall–Kier alpha value is 0.390. The summed E-state index contributed by atoms with van der Waals surface area (Å²) in [6.07, 6.45) is 11.7. The quantitative estimate of drug-likeness (QED) is 0.553. The Balaban J connectivity index is 4.46. The van der Waals surface area contributed by atoms with E-state index in [4.69, 9.17) is 0 Å². The first-order valence-corrected chi connectivity index (χ1v) is 9.58. The summed E-state index contributed by atoms with van der Waals surface area (Å²) in [4.78, 5) is 0. The van der Waals surface area contributed by atoms with E-state index in [1.807, 2.05) is 0 Å². The lowest BCUT2D eigenvalue weighted by molar-refractivity contribution is 0.273. The van der Waals surface area contributed by atoms with Crippen LogP contribution in [0.4, 0.5) is 0 Å². The van der Waals surface area contributed by atoms with Crippen LogP contribution in [0.5, 0.6) is 0 Å². The molecule has 0 spiro atoms. The number of aliphatic hydroxyl groups excluding tert-OH is 1. The van der Waals surface area contributed by atoms with Crippen LogP contribution in [0.15, 0.2) is 0 Å². The number of rotatable bonds is 10. The van der Waals surface area contributed by atoms with E-state index in [9.17, 15) is 5.11 Å². The molecule has 0 saturated heterocycles. The van der Waals surface area contributed by atoms with E-state index in [0.29, 0.717) is 0 Å². The minimum Gasteiger partial charge on any atom is -0.360 e. The Morgan fingerprint density at radius 1 is 0.812 bits per heavy atom. The second-order valence-electron chi connectivity index (χ2n) is 5.08. The van der Waals surface area contributed by atoms with Gasteiger partial charge in [0.2, 0.25) is 0 Å². The summed E-state index contributed by atoms with van der Waals surface area (Å²) in [6, 6.07) is 0. The van der Waals surface area contributed by atoms with E-state index in [1.165, 1.54) is 57.0 Å². The molecule has 0 aromatic rings. The molecule has 0 saturated carbocycles. The summed E-state index contributed by atoms with van der Waals surface area (Å²) in [5.41, 5.74) is 0. The molecule has 0 aromatic heterocycles. The molecule has 0 radical (unpaired) electrons. The van der Waals surface area contributed by atoms with Crippen LogP contribution < -0.4 is 0 Å². The summed E-state index contributed by atoms with van der Waals surface area (Å²) in [6.45, 7) is 8.83. The predicted octanol–water partition coefficient (Wildman–Crippen LogP) is 4.74. The van der Waals surface area contributed by atoms with Gasteiger partial charge in [-0.3, -0.25) is 0 Å². The Morgan fingerprint density at radius 3 is 1.31 bits per heavy atom. The third-order valence-electron chi connectivity index (χ3n) is 3.66. The highest BCUT2D eigenvalue weighted by Crippen LogP contribution is 2.63. The topological polar surface area (TPSA) is 20.2 Å². The Bertz CT molecular complexity index is 135. The molecular formula is C14H32OP+. The van der Waals surface area contributed by atoms with Crippen molar-refractivity contribution in [3.05, 3.63) is 0 Å². The Labute approximate surface area is 103 Å². The lowest BCUT2D eigenvalue weighted by Gasteiger charge is -2.30. The molecule has 0 fully saturated rings. The Morgan fingerprint density at radius 2 is 1.12 bits per heavy atom. The van der Waals surface area contributed by atoms with Gasteiger partial charge < -0.3 is 5.11 Å². The van der Waals surface area contributed by atoms with Gasteiger partial charge in [-0.25, -0.2) is 0 Å². The number of unbranched alkanes of at least 4 members (excludes halogenated alkanes) is 3. The SMILES string of the molecule is CCCC[P+](CCCC)(CCCC)C(C)O. The molecule has 0 aliphatic carbocycles. The van der Waals surface area contributed by atoms with Gasteiger partial charge >= 0.3 is 0 Å². The first-order valence-electron chi connectivity index (χ1n) is 7.16. The van der Waals surface area contributed by atoms with Crippen LogP contribution in [0.3, 0.4) is 0 Å². The van der Waals surface area contributed by atoms with Crippen LogP contribution >= 0.6 is 7.26 Å². The first-order chi connectivity index (χ1) is 7.63. The van der Waals surface area contributed by atoms with Gasteiger partial charge in [-0.1, -0.05) is 40.0 Å². The third-order valence-corrected chi connectivity index (χ3v) is 8.87. The molecule has 0 aliphatic rings. The van der Waals surface area contributed by atoms with Crippen molar-refractivity contribution >= 4 is 7.26 Å². The van der Waals surface area contributed by atoms with E-state index < -0.39 is 7.26 Å². The Kier molecular flexibility index (Phi) is 9.65. The highest BCUT2D eigenvalue weighted by atomic mass is 31.2. The minimum absolute atomic E-state index is 0.0304. The van der Waals surface area contributed by atoms with E-state index >= 15 is 0 Å². The second kappa shape index (κ2) is 9.42. The highest BCUT2D eigenvalue weighted by Gasteiger charge is 2.40. The van der Waals surface area contributed by atoms with Crippen molar-refractivity contribution in [1.29, 1.82) is 0 Å². The maximum Gasteiger partial charge on any atom is 0.161 e. The molecule has 0 aliphatic heterocycles. The molecule has 1 unspecified atom stereocenters. The maximum atomic E-state index is 10.2. The zero-order valence-electron chi connectivity index (χ0n) is 11.8. The third kappa shape index (κ3) is 5.64. The monoisotopic (exact) mass is 247 g/mol. The fraction of sp³-hybridized carbons (Fsp3) is 1.00. The largest absolute Gasteiger partial charge is 0.360 e. The number of hydrogen-bond acceptors (Lipinski definition) is 1. The van der Waals surface area contributed by atoms with Gasteiger partial charge in [-0.05, 0) is 26.2 Å². The van der Waals surface area contributed by atoms with E-state index in [1.54, 1.807) is 0 Å². The summed E-state index contributed by atoms with van der Waals surface area (Å²) in [5.74, 6) is -0.0304. The lowest BCUT2D eigenvalue weighted by Crippen LogP contribution is -2.19. The van der Waals surface area contributed by atoms with Crippen molar-refractivity contribution in [1.82, 2.24) is 0 Å². The first kappa shape index (κ1) is 16.4. The fourth-order valence-corrected chi connectivity index (χ4v) is 6.94. The number of aliphatic hydroxyl groups is 1. The summed E-state index contributed by atoms with van der Waals surface area (Å²) in [5, 5.41) is 10.2. The average Bonchev–Trinajstić information content (AvgIpc) is 2.28. The van der Waals surface area contributed by atoms with Crippen molar-refractivity contribution in [2.24, 2.45) is 0 Å². The second-order valence-corrected chi connectivity index (χ2v) is 9.61. The molecule has 0 aromatic carbocycles. The van der Waals surface area contributed by atoms with Crippen LogP contribution in [0.2, 0.25) is 0 Å². The van der Waals surface area contributed by atoms with Crippen LogP contribution in [-0.2, 0) is 0 Å². The van der Waals surface area contributed by atoms with Crippen LogP contribution in [0, 0.1) is 0 Å². The van der Waals surface area contributed by atoms with Crippen LogP contribution in [0.25, 0.3) is 0 Å². The smallest absolute Gasteiger partial charge is 0.161 e. The number of hydrogen-bond donors (Lipinski definition) is 1. The summed E-state index contributed by atoms with van der Waals surface area (Å²) >= 11 is 0. The van der Waals surface area contributed by atoms with E-state index in [2.05, 4.69) is 27.7 Å². The highest BCUT2D eigenvalue weighted by molar-refractivity contribution is 7.76. The van der Waals surface area contributed by atoms with Crippen molar-refractivity contribution < 1.29 is 5.11 Å². The standard InChI is InChI=1S/C14H32OP/c1-5-8-11-16(14(4)15,12-9-6-2)13-10-7-3/h14-15H,5-13H2,1-4H3/q+1. The summed E-state index contributed by atoms with van der Waals surface area (Å²) in [7, 11) is -1.06. The van der Waals surface area contributed by atoms with Gasteiger partial charge in [-0.2, -0.15) is 0 Å². The van der Waals surface area contributed by atoms with Gasteiger partial charge in [0.1, 0.15) is 0 Å². The predicted molar refractivity (Wildman–Crippen MR) is 77.9 cm³/mol. The molecule has 1 nitrogen and oxygen atoms in total. The van der Waals surface area contributed by atoms with Gasteiger partial charge in [0.15, 0.2) is 5.85 Å². The molecule has 2 heteroatoms. The lowest BCUT2D eigenvalue weighted by atomic mass is 10.4. The molecule has 98 valence electrons. The van der Waals surface area contributed by atoms with Crippen molar-refractivity contribution in [3.63, 3.8) is 0 Å². The zero-order valence-corrected chi connectivity index (χ0v) is 12.7. The van der Waals surface area contributed by atoms with Crippen molar-refractivity contribution in [3.8, 4) is 0 Å². The fourth-order valence-electron chi connectivity index (χ4n) is 2.31. The normalized spacial score (nSPS) is 14.1. The molecule has 0 bridgehead atoms. The van der Waals surface area contributed by atoms with Crippen molar-refractivity contribution in [2.45, 2.75) is 72.1 Å². The van der Waals surface area contributed by atoms with Gasteiger partial charge in [-0.15, -0.1) is 0 Å². The molecule has 0 heterocycles. The van der Waals surface area contributed by atoms with E-state index in [0.717, 1.165) is 0 Å². The summed E-state index contributed by atoms with van der Waals surface area (Å²) < 4.78 is 0. The van der Waals surface area contributed by atoms with Crippen molar-refractivity contribution in [2.75, 3.05) is 18.5 Å². The zero-order chi connectivity index (χ0) is 12.4. The molecular weight excluding hydrogens is 215 g/mol. The van der Waals surface area contributed by atoms with Gasteiger partial charge in [0.25, 0.3) is 0 Å². The molecule has 1 atom stereocenters.